The van der Waals surface area contributed by atoms with E-state index in [-0.39, 0.29) is 5.95 Å². The molecule has 12 nitrogen and oxygen atoms in total. The normalized spacial score (nSPS) is 12.0. The number of fused-ring (bicyclic) bond motifs is 1. The van der Waals surface area contributed by atoms with Crippen molar-refractivity contribution < 1.29 is 13.9 Å². The zero-order valence-electron chi connectivity index (χ0n) is 25.1. The fourth-order valence-electron chi connectivity index (χ4n) is 3.81. The summed E-state index contributed by atoms with van der Waals surface area (Å²) in [6.07, 6.45) is 10.7. The number of rotatable bonds is 17. The third-order valence-corrected chi connectivity index (χ3v) is 5.84. The zero-order chi connectivity index (χ0) is 30.0. The van der Waals surface area contributed by atoms with E-state index in [0.29, 0.717) is 54.9 Å². The van der Waals surface area contributed by atoms with Crippen LogP contribution in [0.2, 0.25) is 0 Å². The Morgan fingerprint density at radius 1 is 1.20 bits per heavy atom. The Kier molecular flexibility index (Phi) is 14.7. The van der Waals surface area contributed by atoms with Crippen LogP contribution in [0, 0.1) is 5.41 Å². The predicted molar refractivity (Wildman–Crippen MR) is 165 cm³/mol. The van der Waals surface area contributed by atoms with Gasteiger partial charge in [0.05, 0.1) is 18.4 Å². The molecular weight excluding hydrogens is 522 g/mol. The van der Waals surface area contributed by atoms with Gasteiger partial charge in [-0.2, -0.15) is 9.50 Å². The van der Waals surface area contributed by atoms with Crippen molar-refractivity contribution >= 4 is 23.6 Å². The fourth-order valence-corrected chi connectivity index (χ4v) is 3.81. The highest BCUT2D eigenvalue weighted by Crippen LogP contribution is 2.23. The van der Waals surface area contributed by atoms with Gasteiger partial charge >= 0.3 is 0 Å². The summed E-state index contributed by atoms with van der Waals surface area (Å²) >= 11 is 0. The molecule has 0 aliphatic heterocycles. The van der Waals surface area contributed by atoms with Crippen LogP contribution in [0.15, 0.2) is 58.6 Å². The molecule has 3 heterocycles. The van der Waals surface area contributed by atoms with E-state index in [4.69, 9.17) is 25.0 Å². The number of nitrogens with two attached hydrogens (primary N) is 1. The first-order valence-electron chi connectivity index (χ1n) is 14.0. The molecule has 0 fully saturated rings. The molecule has 0 amide bonds. The first-order valence-corrected chi connectivity index (χ1v) is 14.0. The standard InChI is InChI=1S/C27H39N9O3.C2H6/c1-5-8-21(38-18-17-37-4)11-10-20(3)35(6-2)15-14-30-12-13-31-24-22(19-28)26-32-25(23-9-7-16-39-23)34-36(26)27(29)33-24;1-2/h5,7-11,16,19,28,30-31H,6,12-15,17-18H2,1-4H3,(H2,29,33);1-2H3/b8-5-,20-10+,21-11+,28-19?;. The molecule has 0 aromatic carbocycles. The summed E-state index contributed by atoms with van der Waals surface area (Å²) in [7, 11) is 1.66. The number of ether oxygens (including phenoxy) is 2. The summed E-state index contributed by atoms with van der Waals surface area (Å²) < 4.78 is 17.6. The molecule has 0 spiro atoms. The zero-order valence-corrected chi connectivity index (χ0v) is 25.1. The lowest BCUT2D eigenvalue weighted by molar-refractivity contribution is 0.114. The molecule has 0 saturated heterocycles. The average molecular weight is 568 g/mol. The molecule has 0 saturated carbocycles. The number of anilines is 2. The second kappa shape index (κ2) is 18.2. The summed E-state index contributed by atoms with van der Waals surface area (Å²) in [5.74, 6) is 2.36. The molecule has 3 rings (SSSR count). The number of likely N-dealkylation sites (N-methyl/N-ethyl adjacent to an activating group) is 1. The Balaban J connectivity index is 0.00000287. The van der Waals surface area contributed by atoms with Gasteiger partial charge in [0.1, 0.15) is 18.2 Å². The molecule has 3 aromatic heterocycles. The molecule has 0 aliphatic rings. The lowest BCUT2D eigenvalue weighted by atomic mass is 10.3. The topological polar surface area (TPSA) is 152 Å². The number of aromatic nitrogens is 4. The molecule has 0 atom stereocenters. The van der Waals surface area contributed by atoms with Gasteiger partial charge in [-0.05, 0) is 51.1 Å². The van der Waals surface area contributed by atoms with Crippen molar-refractivity contribution in [2.45, 2.75) is 34.6 Å². The lowest BCUT2D eigenvalue weighted by Gasteiger charge is -2.24. The maximum atomic E-state index is 7.90. The molecular formula is C29H45N9O3. The maximum absolute atomic E-state index is 7.90. The number of hydrogen-bond donors (Lipinski definition) is 4. The van der Waals surface area contributed by atoms with Crippen LogP contribution in [0.5, 0.6) is 0 Å². The summed E-state index contributed by atoms with van der Waals surface area (Å²) in [5, 5.41) is 19.0. The number of nitrogen functional groups attached to an aromatic ring is 1. The maximum Gasteiger partial charge on any atom is 0.225 e. The van der Waals surface area contributed by atoms with Crippen LogP contribution < -0.4 is 16.4 Å². The largest absolute Gasteiger partial charge is 0.491 e. The smallest absolute Gasteiger partial charge is 0.225 e. The van der Waals surface area contributed by atoms with E-state index in [1.165, 1.54) is 10.7 Å². The first-order chi connectivity index (χ1) is 20.0. The van der Waals surface area contributed by atoms with Crippen LogP contribution in [-0.2, 0) is 9.47 Å². The molecule has 0 radical (unpaired) electrons. The highest BCUT2D eigenvalue weighted by atomic mass is 16.5. The van der Waals surface area contributed by atoms with Gasteiger partial charge in [0.15, 0.2) is 11.4 Å². The van der Waals surface area contributed by atoms with Crippen molar-refractivity contribution in [2.24, 2.45) is 0 Å². The Hall–Kier alpha value is -4.16. The first kappa shape index (κ1) is 33.0. The predicted octanol–water partition coefficient (Wildman–Crippen LogP) is 4.34. The van der Waals surface area contributed by atoms with Gasteiger partial charge in [0.2, 0.25) is 11.8 Å². The van der Waals surface area contributed by atoms with Crippen molar-refractivity contribution in [2.75, 3.05) is 64.1 Å². The highest BCUT2D eigenvalue weighted by Gasteiger charge is 2.17. The van der Waals surface area contributed by atoms with Gasteiger partial charge in [0.25, 0.3) is 0 Å². The summed E-state index contributed by atoms with van der Waals surface area (Å²) in [6.45, 7) is 15.1. The van der Waals surface area contributed by atoms with Crippen molar-refractivity contribution in [1.29, 1.82) is 5.41 Å². The Labute approximate surface area is 242 Å². The molecule has 5 N–H and O–H groups in total. The van der Waals surface area contributed by atoms with Gasteiger partial charge in [-0.25, -0.2) is 4.98 Å². The van der Waals surface area contributed by atoms with Gasteiger partial charge in [-0.3, -0.25) is 0 Å². The van der Waals surface area contributed by atoms with Gasteiger partial charge in [-0.15, -0.1) is 5.10 Å². The molecule has 41 heavy (non-hydrogen) atoms. The van der Waals surface area contributed by atoms with E-state index in [0.717, 1.165) is 31.1 Å². The number of methoxy groups -OCH3 is 1. The van der Waals surface area contributed by atoms with Crippen LogP contribution >= 0.6 is 0 Å². The number of nitrogens with one attached hydrogen (secondary N) is 3. The number of allylic oxidation sites excluding steroid dienone is 5. The van der Waals surface area contributed by atoms with Crippen LogP contribution in [-0.4, -0.2) is 83.7 Å². The second-order valence-electron chi connectivity index (χ2n) is 8.50. The van der Waals surface area contributed by atoms with Gasteiger partial charge in [0, 0.05) is 51.7 Å². The summed E-state index contributed by atoms with van der Waals surface area (Å²) in [5.41, 5.74) is 8.22. The van der Waals surface area contributed by atoms with Crippen LogP contribution in [0.1, 0.15) is 40.2 Å². The second-order valence-corrected chi connectivity index (χ2v) is 8.50. The molecule has 12 heteroatoms. The number of furan rings is 1. The van der Waals surface area contributed by atoms with E-state index >= 15 is 0 Å². The minimum Gasteiger partial charge on any atom is -0.491 e. The number of hydrogen-bond acceptors (Lipinski definition) is 11. The fraction of sp³-hybridized carbons (Fsp3) is 0.448. The van der Waals surface area contributed by atoms with Crippen LogP contribution in [0.3, 0.4) is 0 Å². The monoisotopic (exact) mass is 567 g/mol. The van der Waals surface area contributed by atoms with E-state index < -0.39 is 0 Å². The third kappa shape index (κ3) is 9.76. The molecule has 0 aliphatic carbocycles. The van der Waals surface area contributed by atoms with Crippen LogP contribution in [0.4, 0.5) is 11.8 Å². The molecule has 3 aromatic rings. The summed E-state index contributed by atoms with van der Waals surface area (Å²) in [4.78, 5) is 11.2. The highest BCUT2D eigenvalue weighted by molar-refractivity contribution is 5.93. The van der Waals surface area contributed by atoms with Crippen molar-refractivity contribution in [3.05, 3.63) is 59.7 Å². The minimum atomic E-state index is 0.174. The Morgan fingerprint density at radius 2 is 2.00 bits per heavy atom. The van der Waals surface area contributed by atoms with Gasteiger partial charge in [-0.1, -0.05) is 19.9 Å². The lowest BCUT2D eigenvalue weighted by Crippen LogP contribution is -2.33. The Bertz CT molecular complexity index is 1280. The number of nitrogens with zero attached hydrogens (tertiary/aromatic N) is 5. The summed E-state index contributed by atoms with van der Waals surface area (Å²) in [6, 6.07) is 3.52. The quantitative estimate of drug-likeness (QED) is 0.0802. The average Bonchev–Trinajstić information content (AvgIpc) is 3.68. The molecule has 0 bridgehead atoms. The van der Waals surface area contributed by atoms with Crippen molar-refractivity contribution in [3.8, 4) is 11.6 Å². The van der Waals surface area contributed by atoms with E-state index in [1.54, 1.807) is 25.5 Å². The van der Waals surface area contributed by atoms with Gasteiger partial charge < -0.3 is 40.6 Å². The molecule has 0 unspecified atom stereocenters. The van der Waals surface area contributed by atoms with E-state index in [2.05, 4.69) is 50.5 Å². The Morgan fingerprint density at radius 3 is 2.66 bits per heavy atom. The third-order valence-electron chi connectivity index (χ3n) is 5.84. The van der Waals surface area contributed by atoms with Crippen molar-refractivity contribution in [3.63, 3.8) is 0 Å². The van der Waals surface area contributed by atoms with Crippen molar-refractivity contribution in [1.82, 2.24) is 29.8 Å². The minimum absolute atomic E-state index is 0.174. The van der Waals surface area contributed by atoms with E-state index in [1.807, 2.05) is 39.0 Å². The van der Waals surface area contributed by atoms with E-state index in [9.17, 15) is 0 Å². The van der Waals surface area contributed by atoms with Crippen LogP contribution in [0.25, 0.3) is 17.2 Å². The molecule has 224 valence electrons. The SMILES string of the molecule is CC.C\C=C/C(=C\C=C(/C)N(CC)CCNCCNc1nc(N)n2nc(-c3ccco3)nc2c1C=N)OCCOC.